The zero-order valence-electron chi connectivity index (χ0n) is 10.8. The first-order valence-electron chi connectivity index (χ1n) is 5.53. The first-order chi connectivity index (χ1) is 8.19. The Hall–Kier alpha value is -0.380. The fourth-order valence-corrected chi connectivity index (χ4v) is 2.44. The highest BCUT2D eigenvalue weighted by molar-refractivity contribution is 8.00. The molecule has 2 nitrogen and oxygen atoms in total. The van der Waals surface area contributed by atoms with Crippen molar-refractivity contribution >= 4 is 40.9 Å². The Morgan fingerprint density at radius 3 is 2.39 bits per heavy atom. The second-order valence-electron chi connectivity index (χ2n) is 4.87. The average molecular weight is 307 g/mol. The van der Waals surface area contributed by atoms with Crippen LogP contribution in [0.2, 0.25) is 10.0 Å². The Morgan fingerprint density at radius 1 is 1.28 bits per heavy atom. The SMILES string of the molecule is CC(Sc1ccc(Cl)c(Cl)c1)C(=O)OC(C)(C)C. The highest BCUT2D eigenvalue weighted by Gasteiger charge is 2.22. The van der Waals surface area contributed by atoms with E-state index in [1.54, 1.807) is 19.1 Å². The number of hydrogen-bond acceptors (Lipinski definition) is 3. The first-order valence-corrected chi connectivity index (χ1v) is 7.17. The monoisotopic (exact) mass is 306 g/mol. The summed E-state index contributed by atoms with van der Waals surface area (Å²) in [5.74, 6) is -0.237. The molecule has 0 radical (unpaired) electrons. The molecule has 1 aromatic rings. The number of ether oxygens (including phenoxy) is 1. The van der Waals surface area contributed by atoms with Gasteiger partial charge in [0.15, 0.2) is 0 Å². The van der Waals surface area contributed by atoms with Gasteiger partial charge in [-0.3, -0.25) is 4.79 Å². The number of rotatable bonds is 3. The van der Waals surface area contributed by atoms with E-state index in [4.69, 9.17) is 27.9 Å². The quantitative estimate of drug-likeness (QED) is 0.592. The van der Waals surface area contributed by atoms with Gasteiger partial charge in [-0.15, -0.1) is 11.8 Å². The van der Waals surface area contributed by atoms with E-state index in [0.29, 0.717) is 10.0 Å². The van der Waals surface area contributed by atoms with Crippen LogP contribution in [0.25, 0.3) is 0 Å². The number of esters is 1. The van der Waals surface area contributed by atoms with E-state index in [2.05, 4.69) is 0 Å². The predicted octanol–water partition coefficient (Wildman–Crippen LogP) is 4.82. The van der Waals surface area contributed by atoms with Crippen molar-refractivity contribution in [3.8, 4) is 0 Å². The van der Waals surface area contributed by atoms with Crippen LogP contribution in [0, 0.1) is 0 Å². The lowest BCUT2D eigenvalue weighted by Crippen LogP contribution is -2.28. The molecule has 0 fully saturated rings. The summed E-state index contributed by atoms with van der Waals surface area (Å²) in [6.07, 6.45) is 0. The van der Waals surface area contributed by atoms with Crippen molar-refractivity contribution in [2.24, 2.45) is 0 Å². The highest BCUT2D eigenvalue weighted by Crippen LogP contribution is 2.31. The van der Waals surface area contributed by atoms with E-state index in [1.165, 1.54) is 11.8 Å². The molecule has 0 saturated carbocycles. The Kier molecular flexibility index (Phi) is 5.38. The summed E-state index contributed by atoms with van der Waals surface area (Å²) in [5, 5.41) is 0.700. The standard InChI is InChI=1S/C13H16Cl2O2S/c1-8(12(16)17-13(2,3)4)18-9-5-6-10(14)11(15)7-9/h5-8H,1-4H3. The third-order valence-electron chi connectivity index (χ3n) is 1.94. The molecule has 0 bridgehead atoms. The van der Waals surface area contributed by atoms with Crippen LogP contribution in [0.1, 0.15) is 27.7 Å². The number of carbonyl (C=O) groups is 1. The number of benzene rings is 1. The number of thioether (sulfide) groups is 1. The lowest BCUT2D eigenvalue weighted by atomic mass is 10.2. The largest absolute Gasteiger partial charge is 0.459 e. The first kappa shape index (κ1) is 15.7. The van der Waals surface area contributed by atoms with Gasteiger partial charge in [-0.25, -0.2) is 0 Å². The summed E-state index contributed by atoms with van der Waals surface area (Å²) in [5.41, 5.74) is -0.469. The fourth-order valence-electron chi connectivity index (χ4n) is 1.19. The van der Waals surface area contributed by atoms with Crippen LogP contribution < -0.4 is 0 Å². The summed E-state index contributed by atoms with van der Waals surface area (Å²) in [4.78, 5) is 12.7. The fraction of sp³-hybridized carbons (Fsp3) is 0.462. The van der Waals surface area contributed by atoms with Crippen molar-refractivity contribution in [2.45, 2.75) is 43.4 Å². The second kappa shape index (κ2) is 6.18. The molecule has 0 aliphatic rings. The lowest BCUT2D eigenvalue weighted by Gasteiger charge is -2.22. The maximum Gasteiger partial charge on any atom is 0.319 e. The van der Waals surface area contributed by atoms with Crippen LogP contribution in [0.3, 0.4) is 0 Å². The Bertz CT molecular complexity index is 441. The van der Waals surface area contributed by atoms with Crippen molar-refractivity contribution < 1.29 is 9.53 Å². The molecule has 0 aromatic heterocycles. The van der Waals surface area contributed by atoms with E-state index in [-0.39, 0.29) is 11.2 Å². The molecule has 0 aliphatic heterocycles. The minimum atomic E-state index is -0.469. The molecule has 0 heterocycles. The average Bonchev–Trinajstić information content (AvgIpc) is 2.21. The molecule has 100 valence electrons. The van der Waals surface area contributed by atoms with Gasteiger partial charge in [0.05, 0.1) is 10.0 Å². The molecule has 1 unspecified atom stereocenters. The molecule has 18 heavy (non-hydrogen) atoms. The molecule has 0 aliphatic carbocycles. The van der Waals surface area contributed by atoms with Crippen LogP contribution in [-0.4, -0.2) is 16.8 Å². The van der Waals surface area contributed by atoms with Crippen molar-refractivity contribution in [1.82, 2.24) is 0 Å². The summed E-state index contributed by atoms with van der Waals surface area (Å²) in [6.45, 7) is 7.35. The van der Waals surface area contributed by atoms with E-state index in [0.717, 1.165) is 4.90 Å². The maximum atomic E-state index is 11.8. The van der Waals surface area contributed by atoms with Crippen LogP contribution in [-0.2, 0) is 9.53 Å². The van der Waals surface area contributed by atoms with Gasteiger partial charge in [-0.05, 0) is 45.9 Å². The molecular formula is C13H16Cl2O2S. The molecule has 0 saturated heterocycles. The number of halogens is 2. The van der Waals surface area contributed by atoms with Gasteiger partial charge in [0, 0.05) is 4.90 Å². The minimum Gasteiger partial charge on any atom is -0.459 e. The Morgan fingerprint density at radius 2 is 1.89 bits per heavy atom. The summed E-state index contributed by atoms with van der Waals surface area (Å²) >= 11 is 13.2. The van der Waals surface area contributed by atoms with Crippen molar-refractivity contribution in [3.63, 3.8) is 0 Å². The van der Waals surface area contributed by atoms with Crippen molar-refractivity contribution in [1.29, 1.82) is 0 Å². The van der Waals surface area contributed by atoms with Crippen molar-refractivity contribution in [2.75, 3.05) is 0 Å². The second-order valence-corrected chi connectivity index (χ2v) is 7.10. The molecule has 0 spiro atoms. The molecule has 0 amide bonds. The normalized spacial score (nSPS) is 13.2. The molecule has 1 aromatic carbocycles. The van der Waals surface area contributed by atoms with E-state index in [1.807, 2.05) is 26.8 Å². The van der Waals surface area contributed by atoms with Crippen LogP contribution >= 0.6 is 35.0 Å². The maximum absolute atomic E-state index is 11.8. The van der Waals surface area contributed by atoms with Gasteiger partial charge in [0.25, 0.3) is 0 Å². The van der Waals surface area contributed by atoms with Gasteiger partial charge in [-0.1, -0.05) is 23.2 Å². The van der Waals surface area contributed by atoms with E-state index >= 15 is 0 Å². The Labute approximate surface area is 122 Å². The molecule has 0 N–H and O–H groups in total. The summed E-state index contributed by atoms with van der Waals surface area (Å²) < 4.78 is 5.31. The van der Waals surface area contributed by atoms with Gasteiger partial charge in [0.2, 0.25) is 0 Å². The highest BCUT2D eigenvalue weighted by atomic mass is 35.5. The zero-order valence-corrected chi connectivity index (χ0v) is 13.1. The number of hydrogen-bond donors (Lipinski definition) is 0. The molecular weight excluding hydrogens is 291 g/mol. The lowest BCUT2D eigenvalue weighted by molar-refractivity contribution is -0.153. The van der Waals surface area contributed by atoms with Gasteiger partial charge in [0.1, 0.15) is 10.9 Å². The molecule has 1 atom stereocenters. The van der Waals surface area contributed by atoms with Crippen LogP contribution in [0.4, 0.5) is 0 Å². The van der Waals surface area contributed by atoms with E-state index < -0.39 is 5.60 Å². The zero-order chi connectivity index (χ0) is 13.9. The van der Waals surface area contributed by atoms with Gasteiger partial charge < -0.3 is 4.74 Å². The van der Waals surface area contributed by atoms with Crippen LogP contribution in [0.5, 0.6) is 0 Å². The summed E-state index contributed by atoms with van der Waals surface area (Å²) in [7, 11) is 0. The Balaban J connectivity index is 2.66. The third kappa shape index (κ3) is 5.09. The third-order valence-corrected chi connectivity index (χ3v) is 3.75. The van der Waals surface area contributed by atoms with Crippen molar-refractivity contribution in [3.05, 3.63) is 28.2 Å². The van der Waals surface area contributed by atoms with E-state index in [9.17, 15) is 4.79 Å². The number of carbonyl (C=O) groups excluding carboxylic acids is 1. The molecule has 5 heteroatoms. The predicted molar refractivity (Wildman–Crippen MR) is 77.6 cm³/mol. The minimum absolute atomic E-state index is 0.237. The smallest absolute Gasteiger partial charge is 0.319 e. The van der Waals surface area contributed by atoms with Gasteiger partial charge in [-0.2, -0.15) is 0 Å². The van der Waals surface area contributed by atoms with Crippen LogP contribution in [0.15, 0.2) is 23.1 Å². The molecule has 1 rings (SSSR count). The summed E-state index contributed by atoms with van der Waals surface area (Å²) in [6, 6.07) is 5.29. The topological polar surface area (TPSA) is 26.3 Å². The van der Waals surface area contributed by atoms with Gasteiger partial charge >= 0.3 is 5.97 Å².